The zero-order chi connectivity index (χ0) is 14.1. The Balaban J connectivity index is 2.81. The van der Waals surface area contributed by atoms with Crippen LogP contribution >= 0.6 is 0 Å². The first-order chi connectivity index (χ1) is 9.28. The third-order valence-electron chi connectivity index (χ3n) is 2.69. The van der Waals surface area contributed by atoms with E-state index in [4.69, 9.17) is 23.7 Å². The van der Waals surface area contributed by atoms with Gasteiger partial charge in [0.15, 0.2) is 18.3 Å². The van der Waals surface area contributed by atoms with Crippen molar-refractivity contribution in [3.05, 3.63) is 51.4 Å². The first-order valence-electron chi connectivity index (χ1n) is 5.91. The lowest BCUT2D eigenvalue weighted by Gasteiger charge is -2.40. The Kier molecular flexibility index (Phi) is 6.60. The van der Waals surface area contributed by atoms with Crippen LogP contribution in [0.2, 0.25) is 0 Å². The van der Waals surface area contributed by atoms with E-state index in [1.165, 1.54) is 25.0 Å². The maximum Gasteiger partial charge on any atom is 0.176 e. The van der Waals surface area contributed by atoms with E-state index in [1.54, 1.807) is 0 Å². The molecule has 0 radical (unpaired) electrons. The molecule has 5 heteroatoms. The van der Waals surface area contributed by atoms with Gasteiger partial charge in [-0.2, -0.15) is 0 Å². The third kappa shape index (κ3) is 4.06. The maximum absolute atomic E-state index is 5.65. The maximum atomic E-state index is 5.65. The second-order valence-corrected chi connectivity index (χ2v) is 3.75. The SMILES string of the molecule is C=COCC1OCC(OC=C)C(OC=C)C1OC=C. The number of hydrogen-bond donors (Lipinski definition) is 0. The van der Waals surface area contributed by atoms with Crippen LogP contribution in [0, 0.1) is 0 Å². The van der Waals surface area contributed by atoms with Crippen molar-refractivity contribution < 1.29 is 23.7 Å². The molecule has 0 spiro atoms. The van der Waals surface area contributed by atoms with Crippen LogP contribution in [-0.2, 0) is 23.7 Å². The lowest BCUT2D eigenvalue weighted by atomic mass is 10.00. The molecule has 0 aromatic carbocycles. The molecule has 0 amide bonds. The predicted molar refractivity (Wildman–Crippen MR) is 71.1 cm³/mol. The Morgan fingerprint density at radius 1 is 0.895 bits per heavy atom. The van der Waals surface area contributed by atoms with Crippen LogP contribution < -0.4 is 0 Å². The van der Waals surface area contributed by atoms with Gasteiger partial charge >= 0.3 is 0 Å². The zero-order valence-electron chi connectivity index (χ0n) is 10.9. The summed E-state index contributed by atoms with van der Waals surface area (Å²) in [5, 5.41) is 0. The normalized spacial score (nSPS) is 29.7. The van der Waals surface area contributed by atoms with Gasteiger partial charge in [-0.25, -0.2) is 0 Å². The van der Waals surface area contributed by atoms with Gasteiger partial charge in [-0.3, -0.25) is 0 Å². The summed E-state index contributed by atoms with van der Waals surface area (Å²) < 4.78 is 27.1. The van der Waals surface area contributed by atoms with Gasteiger partial charge in [-0.1, -0.05) is 26.3 Å². The predicted octanol–water partition coefficient (Wildman–Crippen LogP) is 2.13. The lowest BCUT2D eigenvalue weighted by Crippen LogP contribution is -2.56. The lowest BCUT2D eigenvalue weighted by molar-refractivity contribution is -0.200. The van der Waals surface area contributed by atoms with Crippen molar-refractivity contribution in [3.8, 4) is 0 Å². The van der Waals surface area contributed by atoms with E-state index in [1.807, 2.05) is 0 Å². The highest BCUT2D eigenvalue weighted by atomic mass is 16.6. The molecule has 0 aliphatic carbocycles. The van der Waals surface area contributed by atoms with Crippen LogP contribution in [0.5, 0.6) is 0 Å². The summed E-state index contributed by atoms with van der Waals surface area (Å²) in [6.07, 6.45) is 3.93. The van der Waals surface area contributed by atoms with E-state index in [9.17, 15) is 0 Å². The minimum atomic E-state index is -0.422. The molecule has 1 aliphatic rings. The van der Waals surface area contributed by atoms with Crippen LogP contribution in [0.1, 0.15) is 0 Å². The molecule has 5 nitrogen and oxygen atoms in total. The van der Waals surface area contributed by atoms with Gasteiger partial charge < -0.3 is 23.7 Å². The molecule has 106 valence electrons. The van der Waals surface area contributed by atoms with Crippen molar-refractivity contribution in [1.82, 2.24) is 0 Å². The van der Waals surface area contributed by atoms with Crippen molar-refractivity contribution in [2.45, 2.75) is 24.4 Å². The molecule has 1 aliphatic heterocycles. The number of rotatable bonds is 9. The third-order valence-corrected chi connectivity index (χ3v) is 2.69. The summed E-state index contributed by atoms with van der Waals surface area (Å²) in [6, 6.07) is 0. The Hall–Kier alpha value is -1.88. The Morgan fingerprint density at radius 2 is 1.53 bits per heavy atom. The van der Waals surface area contributed by atoms with Crippen molar-refractivity contribution in [3.63, 3.8) is 0 Å². The average molecular weight is 268 g/mol. The van der Waals surface area contributed by atoms with Crippen molar-refractivity contribution in [2.24, 2.45) is 0 Å². The quantitative estimate of drug-likeness (QED) is 0.599. The molecule has 1 fully saturated rings. The van der Waals surface area contributed by atoms with Gasteiger partial charge in [0.1, 0.15) is 12.7 Å². The van der Waals surface area contributed by atoms with Crippen LogP contribution in [0.25, 0.3) is 0 Å². The monoisotopic (exact) mass is 268 g/mol. The number of hydrogen-bond acceptors (Lipinski definition) is 5. The van der Waals surface area contributed by atoms with Gasteiger partial charge in [-0.05, 0) is 0 Å². The molecular formula is C14H20O5. The van der Waals surface area contributed by atoms with Crippen LogP contribution in [0.4, 0.5) is 0 Å². The summed E-state index contributed by atoms with van der Waals surface area (Å²) >= 11 is 0. The Bertz CT molecular complexity index is 315. The fourth-order valence-corrected chi connectivity index (χ4v) is 1.93. The van der Waals surface area contributed by atoms with Crippen LogP contribution in [0.3, 0.4) is 0 Å². The van der Waals surface area contributed by atoms with Crippen LogP contribution in [-0.4, -0.2) is 37.6 Å². The molecule has 0 N–H and O–H groups in total. The summed E-state index contributed by atoms with van der Waals surface area (Å²) in [5.41, 5.74) is 0. The minimum Gasteiger partial charge on any atom is -0.499 e. The summed E-state index contributed by atoms with van der Waals surface area (Å²) in [7, 11) is 0. The first-order valence-corrected chi connectivity index (χ1v) is 5.91. The van der Waals surface area contributed by atoms with Crippen molar-refractivity contribution >= 4 is 0 Å². The minimum absolute atomic E-state index is 0.305. The average Bonchev–Trinajstić information content (AvgIpc) is 2.42. The van der Waals surface area contributed by atoms with E-state index < -0.39 is 6.10 Å². The van der Waals surface area contributed by atoms with Crippen molar-refractivity contribution in [2.75, 3.05) is 13.2 Å². The topological polar surface area (TPSA) is 46.2 Å². The van der Waals surface area contributed by atoms with Crippen LogP contribution in [0.15, 0.2) is 51.4 Å². The largest absolute Gasteiger partial charge is 0.499 e. The number of ether oxygens (including phenoxy) is 5. The Morgan fingerprint density at radius 3 is 2.11 bits per heavy atom. The van der Waals surface area contributed by atoms with E-state index >= 15 is 0 Å². The molecule has 0 saturated carbocycles. The van der Waals surface area contributed by atoms with E-state index in [2.05, 4.69) is 26.3 Å². The van der Waals surface area contributed by atoms with Gasteiger partial charge in [0.05, 0.1) is 31.7 Å². The van der Waals surface area contributed by atoms with Gasteiger partial charge in [0.25, 0.3) is 0 Å². The molecule has 1 heterocycles. The molecule has 1 rings (SSSR count). The van der Waals surface area contributed by atoms with Crippen molar-refractivity contribution in [1.29, 1.82) is 0 Å². The molecule has 1 saturated heterocycles. The molecule has 0 aromatic rings. The van der Waals surface area contributed by atoms with E-state index in [0.29, 0.717) is 13.2 Å². The molecule has 4 unspecified atom stereocenters. The molecular weight excluding hydrogens is 248 g/mol. The van der Waals surface area contributed by atoms with E-state index in [0.717, 1.165) is 0 Å². The molecule has 4 atom stereocenters. The van der Waals surface area contributed by atoms with Gasteiger partial charge in [-0.15, -0.1) is 0 Å². The Labute approximate surface area is 113 Å². The fourth-order valence-electron chi connectivity index (χ4n) is 1.93. The second kappa shape index (κ2) is 8.26. The highest BCUT2D eigenvalue weighted by Crippen LogP contribution is 2.24. The fraction of sp³-hybridized carbons (Fsp3) is 0.429. The molecule has 0 aromatic heterocycles. The highest BCUT2D eigenvalue weighted by molar-refractivity contribution is 4.93. The smallest absolute Gasteiger partial charge is 0.176 e. The summed E-state index contributed by atoms with van der Waals surface area (Å²) in [5.74, 6) is 0. The first kappa shape index (κ1) is 15.2. The standard InChI is InChI=1S/C14H20O5/c1-5-15-9-11-13(17-7-3)14(18-8-4)12(10-19-11)16-6-2/h5-8,11-14H,1-4,9-10H2. The zero-order valence-corrected chi connectivity index (χ0v) is 10.9. The molecule has 0 bridgehead atoms. The highest BCUT2D eigenvalue weighted by Gasteiger charge is 2.44. The summed E-state index contributed by atoms with van der Waals surface area (Å²) in [6.45, 7) is 14.8. The summed E-state index contributed by atoms with van der Waals surface area (Å²) in [4.78, 5) is 0. The van der Waals surface area contributed by atoms with Gasteiger partial charge in [0, 0.05) is 0 Å². The van der Waals surface area contributed by atoms with E-state index in [-0.39, 0.29) is 18.3 Å². The van der Waals surface area contributed by atoms with Gasteiger partial charge in [0.2, 0.25) is 0 Å². The molecule has 19 heavy (non-hydrogen) atoms. The second-order valence-electron chi connectivity index (χ2n) is 3.75.